The van der Waals surface area contributed by atoms with Crippen LogP contribution in [0.5, 0.6) is 0 Å². The molecule has 20 heavy (non-hydrogen) atoms. The predicted octanol–water partition coefficient (Wildman–Crippen LogP) is 2.95. The zero-order chi connectivity index (χ0) is 14.4. The molecule has 2 rings (SSSR count). The Hall–Kier alpha value is -1.11. The molecule has 1 heterocycles. The van der Waals surface area contributed by atoms with Crippen LogP contribution in [0.2, 0.25) is 0 Å². The first kappa shape index (κ1) is 15.3. The van der Waals surface area contributed by atoms with Crippen LogP contribution in [0, 0.1) is 0 Å². The van der Waals surface area contributed by atoms with Crippen molar-refractivity contribution in [3.63, 3.8) is 0 Å². The summed E-state index contributed by atoms with van der Waals surface area (Å²) in [5.41, 5.74) is 0.698. The first-order valence-corrected chi connectivity index (χ1v) is 6.77. The van der Waals surface area contributed by atoms with E-state index in [1.54, 1.807) is 24.3 Å². The molecule has 0 aliphatic carbocycles. The fraction of sp³-hybridized carbons (Fsp3) is 0.571. The standard InChI is InChI=1S/C14H19F3N2O/c15-14(16,17)10-20-13(11-6-2-1-3-7-11)19-12-8-4-5-9-18-12/h1-3,6-7,12-13,18-19H,4-5,8-10H2. The van der Waals surface area contributed by atoms with Crippen molar-refractivity contribution in [1.29, 1.82) is 0 Å². The molecule has 1 aliphatic heterocycles. The second-order valence-electron chi connectivity index (χ2n) is 4.89. The van der Waals surface area contributed by atoms with Crippen LogP contribution in [-0.4, -0.2) is 25.5 Å². The molecule has 0 bridgehead atoms. The maximum absolute atomic E-state index is 12.3. The van der Waals surface area contributed by atoms with Crippen molar-refractivity contribution in [2.75, 3.05) is 13.2 Å². The highest BCUT2D eigenvalue weighted by atomic mass is 19.4. The van der Waals surface area contributed by atoms with Gasteiger partial charge in [0.25, 0.3) is 0 Å². The summed E-state index contributed by atoms with van der Waals surface area (Å²) in [5.74, 6) is 0. The molecular formula is C14H19F3N2O. The lowest BCUT2D eigenvalue weighted by Gasteiger charge is -2.30. The van der Waals surface area contributed by atoms with Gasteiger partial charge >= 0.3 is 6.18 Å². The number of nitrogens with one attached hydrogen (secondary N) is 2. The van der Waals surface area contributed by atoms with Crippen LogP contribution >= 0.6 is 0 Å². The lowest BCUT2D eigenvalue weighted by molar-refractivity contribution is -0.190. The number of hydrogen-bond acceptors (Lipinski definition) is 3. The molecule has 6 heteroatoms. The van der Waals surface area contributed by atoms with E-state index in [0.29, 0.717) is 5.56 Å². The molecule has 2 unspecified atom stereocenters. The van der Waals surface area contributed by atoms with E-state index in [1.165, 1.54) is 0 Å². The smallest absolute Gasteiger partial charge is 0.350 e. The fourth-order valence-electron chi connectivity index (χ4n) is 2.22. The highest BCUT2D eigenvalue weighted by molar-refractivity contribution is 5.17. The van der Waals surface area contributed by atoms with Crippen molar-refractivity contribution < 1.29 is 17.9 Å². The van der Waals surface area contributed by atoms with Crippen molar-refractivity contribution >= 4 is 0 Å². The van der Waals surface area contributed by atoms with Gasteiger partial charge in [0, 0.05) is 0 Å². The molecule has 2 N–H and O–H groups in total. The molecule has 1 saturated heterocycles. The van der Waals surface area contributed by atoms with Crippen LogP contribution in [0.4, 0.5) is 13.2 Å². The highest BCUT2D eigenvalue weighted by Gasteiger charge is 2.30. The molecule has 0 amide bonds. The van der Waals surface area contributed by atoms with Crippen molar-refractivity contribution in [1.82, 2.24) is 10.6 Å². The molecule has 112 valence electrons. The summed E-state index contributed by atoms with van der Waals surface area (Å²) in [6, 6.07) is 8.92. The molecule has 0 aromatic heterocycles. The molecule has 2 atom stereocenters. The summed E-state index contributed by atoms with van der Waals surface area (Å²) in [6.07, 6.45) is -2.05. The van der Waals surface area contributed by atoms with Crippen molar-refractivity contribution in [3.05, 3.63) is 35.9 Å². The quantitative estimate of drug-likeness (QED) is 0.817. The first-order valence-electron chi connectivity index (χ1n) is 6.77. The van der Waals surface area contributed by atoms with Gasteiger partial charge in [0.05, 0.1) is 6.17 Å². The Morgan fingerprint density at radius 1 is 1.25 bits per heavy atom. The van der Waals surface area contributed by atoms with E-state index in [2.05, 4.69) is 10.6 Å². The molecule has 0 spiro atoms. The van der Waals surface area contributed by atoms with Gasteiger partial charge in [0.2, 0.25) is 0 Å². The van der Waals surface area contributed by atoms with Crippen LogP contribution in [0.15, 0.2) is 30.3 Å². The minimum atomic E-state index is -4.32. The average molecular weight is 288 g/mol. The first-order chi connectivity index (χ1) is 9.54. The summed E-state index contributed by atoms with van der Waals surface area (Å²) in [7, 11) is 0. The van der Waals surface area contributed by atoms with Gasteiger partial charge < -0.3 is 10.1 Å². The van der Waals surface area contributed by atoms with Gasteiger partial charge in [-0.1, -0.05) is 30.3 Å². The largest absolute Gasteiger partial charge is 0.411 e. The number of alkyl halides is 3. The topological polar surface area (TPSA) is 33.3 Å². The molecule has 1 aliphatic rings. The Bertz CT molecular complexity index is 391. The zero-order valence-corrected chi connectivity index (χ0v) is 11.1. The SMILES string of the molecule is FC(F)(F)COC(NC1CCCCN1)c1ccccc1. The normalized spacial score (nSPS) is 21.6. The Labute approximate surface area is 116 Å². The molecule has 1 fully saturated rings. The Morgan fingerprint density at radius 3 is 2.60 bits per heavy atom. The number of rotatable bonds is 5. The van der Waals surface area contributed by atoms with E-state index in [9.17, 15) is 13.2 Å². The van der Waals surface area contributed by atoms with Gasteiger partial charge in [0.15, 0.2) is 0 Å². The molecule has 0 radical (unpaired) electrons. The molecule has 0 saturated carbocycles. The van der Waals surface area contributed by atoms with E-state index in [-0.39, 0.29) is 6.17 Å². The van der Waals surface area contributed by atoms with Crippen LogP contribution in [-0.2, 0) is 4.74 Å². The third-order valence-corrected chi connectivity index (χ3v) is 3.18. The predicted molar refractivity (Wildman–Crippen MR) is 70.0 cm³/mol. The third-order valence-electron chi connectivity index (χ3n) is 3.18. The Kier molecular flexibility index (Phi) is 5.39. The van der Waals surface area contributed by atoms with Gasteiger partial charge in [-0.3, -0.25) is 5.32 Å². The van der Waals surface area contributed by atoms with E-state index < -0.39 is 19.0 Å². The van der Waals surface area contributed by atoms with Crippen molar-refractivity contribution in [2.24, 2.45) is 0 Å². The lowest BCUT2D eigenvalue weighted by atomic mass is 10.1. The van der Waals surface area contributed by atoms with E-state index in [4.69, 9.17) is 4.74 Å². The van der Waals surface area contributed by atoms with Crippen LogP contribution < -0.4 is 10.6 Å². The van der Waals surface area contributed by atoms with Crippen LogP contribution in [0.1, 0.15) is 31.1 Å². The number of hydrogen-bond donors (Lipinski definition) is 2. The molecule has 3 nitrogen and oxygen atoms in total. The van der Waals surface area contributed by atoms with Crippen molar-refractivity contribution in [3.8, 4) is 0 Å². The second-order valence-corrected chi connectivity index (χ2v) is 4.89. The van der Waals surface area contributed by atoms with Crippen molar-refractivity contribution in [2.45, 2.75) is 37.8 Å². The van der Waals surface area contributed by atoms with Gasteiger partial charge in [-0.05, 0) is 31.4 Å². The van der Waals surface area contributed by atoms with Crippen LogP contribution in [0.3, 0.4) is 0 Å². The average Bonchev–Trinajstić information content (AvgIpc) is 2.44. The van der Waals surface area contributed by atoms with Gasteiger partial charge in [-0.15, -0.1) is 0 Å². The minimum Gasteiger partial charge on any atom is -0.350 e. The molecule has 1 aromatic carbocycles. The van der Waals surface area contributed by atoms with E-state index >= 15 is 0 Å². The van der Waals surface area contributed by atoms with Gasteiger partial charge in [0.1, 0.15) is 12.8 Å². The summed E-state index contributed by atoms with van der Waals surface area (Å²) >= 11 is 0. The molecule has 1 aromatic rings. The Balaban J connectivity index is 1.99. The number of halogens is 3. The van der Waals surface area contributed by atoms with Gasteiger partial charge in [-0.2, -0.15) is 13.2 Å². The Morgan fingerprint density at radius 2 is 2.00 bits per heavy atom. The molecular weight excluding hydrogens is 269 g/mol. The summed E-state index contributed by atoms with van der Waals surface area (Å²) in [6.45, 7) is -0.384. The fourth-order valence-corrected chi connectivity index (χ4v) is 2.22. The number of ether oxygens (including phenoxy) is 1. The summed E-state index contributed by atoms with van der Waals surface area (Å²) in [5, 5.41) is 6.36. The van der Waals surface area contributed by atoms with Gasteiger partial charge in [-0.25, -0.2) is 0 Å². The zero-order valence-electron chi connectivity index (χ0n) is 11.1. The maximum Gasteiger partial charge on any atom is 0.411 e. The monoisotopic (exact) mass is 288 g/mol. The third kappa shape index (κ3) is 5.11. The number of piperidine rings is 1. The van der Waals surface area contributed by atoms with E-state index in [0.717, 1.165) is 25.8 Å². The maximum atomic E-state index is 12.3. The highest BCUT2D eigenvalue weighted by Crippen LogP contribution is 2.22. The summed E-state index contributed by atoms with van der Waals surface area (Å²) < 4.78 is 42.0. The minimum absolute atomic E-state index is 0.0119. The second kappa shape index (κ2) is 7.06. The lowest BCUT2D eigenvalue weighted by Crippen LogP contribution is -2.47. The number of benzene rings is 1. The van der Waals surface area contributed by atoms with E-state index in [1.807, 2.05) is 6.07 Å². The van der Waals surface area contributed by atoms with Crippen LogP contribution in [0.25, 0.3) is 0 Å². The summed E-state index contributed by atoms with van der Waals surface area (Å²) in [4.78, 5) is 0.